The molecule has 45 heavy (non-hydrogen) atoms. The van der Waals surface area contributed by atoms with Crippen LogP contribution in [0.5, 0.6) is 0 Å². The maximum atomic E-state index is 13.0. The van der Waals surface area contributed by atoms with Crippen molar-refractivity contribution >= 4 is 23.3 Å². The summed E-state index contributed by atoms with van der Waals surface area (Å²) in [7, 11) is 0. The second-order valence-electron chi connectivity index (χ2n) is 9.11. The van der Waals surface area contributed by atoms with Gasteiger partial charge in [0.2, 0.25) is 0 Å². The van der Waals surface area contributed by atoms with Gasteiger partial charge >= 0.3 is 18.1 Å². The van der Waals surface area contributed by atoms with Gasteiger partial charge in [0.15, 0.2) is 0 Å². The Hall–Kier alpha value is -3.27. The lowest BCUT2D eigenvalue weighted by atomic mass is 10.1. The summed E-state index contributed by atoms with van der Waals surface area (Å²) in [5.41, 5.74) is -0.100. The van der Waals surface area contributed by atoms with Crippen LogP contribution in [0.3, 0.4) is 0 Å². The summed E-state index contributed by atoms with van der Waals surface area (Å²) in [5, 5.41) is 2.85. The predicted molar refractivity (Wildman–Crippen MR) is 158 cm³/mol. The summed E-state index contributed by atoms with van der Waals surface area (Å²) in [6.07, 6.45) is -4.25. The average Bonchev–Trinajstić information content (AvgIpc) is 3.02. The molecule has 1 N–H and O–H groups in total. The summed E-state index contributed by atoms with van der Waals surface area (Å²) in [5.74, 6) is -0.908. The van der Waals surface area contributed by atoms with Gasteiger partial charge in [0.1, 0.15) is 6.61 Å². The SMILES string of the molecule is CCOC(=O)CCOCCOCCOCCOCCOCCOCCOC(=O)c1ccccc1Nc1cccc(C(F)(F)F)c1. The number of benzene rings is 2. The molecule has 0 fully saturated rings. The first kappa shape index (κ1) is 37.9. The van der Waals surface area contributed by atoms with Gasteiger partial charge in [0.05, 0.1) is 109 Å². The van der Waals surface area contributed by atoms with Crippen LogP contribution in [-0.2, 0) is 48.9 Å². The van der Waals surface area contributed by atoms with Crippen molar-refractivity contribution in [1.82, 2.24) is 0 Å². The molecule has 252 valence electrons. The van der Waals surface area contributed by atoms with Gasteiger partial charge in [-0.05, 0) is 37.3 Å². The topological polar surface area (TPSA) is 120 Å². The molecule has 0 aromatic heterocycles. The number of carbonyl (C=O) groups excluding carboxylic acids is 2. The van der Waals surface area contributed by atoms with Gasteiger partial charge in [-0.1, -0.05) is 18.2 Å². The fourth-order valence-electron chi connectivity index (χ4n) is 3.56. The first-order valence-corrected chi connectivity index (χ1v) is 14.6. The fraction of sp³-hybridized carbons (Fsp3) is 0.548. The van der Waals surface area contributed by atoms with Crippen LogP contribution in [0.2, 0.25) is 0 Å². The molecule has 0 atom stereocenters. The van der Waals surface area contributed by atoms with Gasteiger partial charge in [-0.3, -0.25) is 4.79 Å². The normalized spacial score (nSPS) is 11.4. The second-order valence-corrected chi connectivity index (χ2v) is 9.11. The van der Waals surface area contributed by atoms with E-state index in [2.05, 4.69) is 5.32 Å². The van der Waals surface area contributed by atoms with Crippen molar-refractivity contribution in [2.45, 2.75) is 19.5 Å². The maximum Gasteiger partial charge on any atom is 0.416 e. The number of anilines is 2. The van der Waals surface area contributed by atoms with Crippen LogP contribution in [0.15, 0.2) is 48.5 Å². The smallest absolute Gasteiger partial charge is 0.416 e. The minimum atomic E-state index is -4.48. The number of alkyl halides is 3. The Bertz CT molecular complexity index is 1100. The van der Waals surface area contributed by atoms with Crippen LogP contribution in [0.4, 0.5) is 24.5 Å². The first-order chi connectivity index (χ1) is 21.8. The van der Waals surface area contributed by atoms with E-state index in [0.717, 1.165) is 12.1 Å². The number of ether oxygens (including phenoxy) is 8. The zero-order valence-corrected chi connectivity index (χ0v) is 25.4. The van der Waals surface area contributed by atoms with Crippen molar-refractivity contribution in [3.63, 3.8) is 0 Å². The van der Waals surface area contributed by atoms with E-state index in [4.69, 9.17) is 37.9 Å². The molecular weight excluding hydrogens is 603 g/mol. The number of nitrogens with one attached hydrogen (secondary N) is 1. The van der Waals surface area contributed by atoms with Crippen LogP contribution in [0, 0.1) is 0 Å². The van der Waals surface area contributed by atoms with Crippen LogP contribution < -0.4 is 5.32 Å². The Morgan fingerprint density at radius 3 is 1.69 bits per heavy atom. The highest BCUT2D eigenvalue weighted by Crippen LogP contribution is 2.32. The Labute approximate surface area is 261 Å². The van der Waals surface area contributed by atoms with E-state index in [9.17, 15) is 22.8 Å². The molecule has 11 nitrogen and oxygen atoms in total. The molecule has 0 saturated carbocycles. The fourth-order valence-corrected chi connectivity index (χ4v) is 3.56. The van der Waals surface area contributed by atoms with Gasteiger partial charge in [0, 0.05) is 5.69 Å². The van der Waals surface area contributed by atoms with Crippen LogP contribution in [0.1, 0.15) is 29.3 Å². The van der Waals surface area contributed by atoms with Crippen molar-refractivity contribution in [3.05, 3.63) is 59.7 Å². The molecule has 0 amide bonds. The van der Waals surface area contributed by atoms with Crippen molar-refractivity contribution in [2.24, 2.45) is 0 Å². The number of hydrogen-bond donors (Lipinski definition) is 1. The third-order valence-corrected chi connectivity index (χ3v) is 5.69. The van der Waals surface area contributed by atoms with Crippen LogP contribution in [0.25, 0.3) is 0 Å². The van der Waals surface area contributed by atoms with E-state index in [0.29, 0.717) is 85.0 Å². The highest BCUT2D eigenvalue weighted by atomic mass is 19.4. The molecule has 0 heterocycles. The van der Waals surface area contributed by atoms with E-state index >= 15 is 0 Å². The molecule has 0 unspecified atom stereocenters. The molecule has 0 aliphatic rings. The minimum Gasteiger partial charge on any atom is -0.466 e. The zero-order valence-electron chi connectivity index (χ0n) is 25.4. The quantitative estimate of drug-likeness (QED) is 0.120. The van der Waals surface area contributed by atoms with Crippen molar-refractivity contribution in [2.75, 3.05) is 97.8 Å². The Morgan fingerprint density at radius 1 is 0.644 bits per heavy atom. The van der Waals surface area contributed by atoms with E-state index in [-0.39, 0.29) is 36.9 Å². The molecular formula is C31H42F3NO10. The number of hydrogen-bond acceptors (Lipinski definition) is 11. The number of esters is 2. The summed E-state index contributed by atoms with van der Waals surface area (Å²) in [4.78, 5) is 23.7. The molecule has 14 heteroatoms. The number of rotatable bonds is 25. The molecule has 2 aromatic carbocycles. The van der Waals surface area contributed by atoms with E-state index in [1.165, 1.54) is 18.2 Å². The standard InChI is InChI=1S/C31H42F3NO10/c1-2-44-29(36)10-11-38-12-13-39-14-15-40-16-17-41-18-19-42-20-21-43-22-23-45-30(37)27-8-3-4-9-28(27)35-26-7-5-6-25(24-26)31(32,33)34/h3-9,24,35H,2,10-23H2,1H3. The average molecular weight is 646 g/mol. The van der Waals surface area contributed by atoms with Gasteiger partial charge in [-0.2, -0.15) is 13.2 Å². The molecule has 0 aliphatic heterocycles. The lowest BCUT2D eigenvalue weighted by Crippen LogP contribution is -2.15. The number of para-hydroxylation sites is 1. The van der Waals surface area contributed by atoms with Gasteiger partial charge in [0.25, 0.3) is 0 Å². The van der Waals surface area contributed by atoms with E-state index in [1.807, 2.05) is 0 Å². The minimum absolute atomic E-state index is 0.00419. The molecule has 0 saturated heterocycles. The van der Waals surface area contributed by atoms with Gasteiger partial charge in [-0.25, -0.2) is 4.79 Å². The Kier molecular flexibility index (Phi) is 19.5. The second kappa shape index (κ2) is 23.1. The van der Waals surface area contributed by atoms with Gasteiger partial charge in [-0.15, -0.1) is 0 Å². The molecule has 2 rings (SSSR count). The lowest BCUT2D eigenvalue weighted by molar-refractivity contribution is -0.144. The third-order valence-electron chi connectivity index (χ3n) is 5.69. The largest absolute Gasteiger partial charge is 0.466 e. The molecule has 0 radical (unpaired) electrons. The first-order valence-electron chi connectivity index (χ1n) is 14.6. The summed E-state index contributed by atoms with van der Waals surface area (Å²) >= 11 is 0. The number of carbonyl (C=O) groups is 2. The predicted octanol–water partition coefficient (Wildman–Crippen LogP) is 4.66. The number of halogens is 3. The Morgan fingerprint density at radius 2 is 1.16 bits per heavy atom. The van der Waals surface area contributed by atoms with E-state index in [1.54, 1.807) is 25.1 Å². The van der Waals surface area contributed by atoms with Crippen LogP contribution in [-0.4, -0.2) is 104 Å². The molecule has 0 bridgehead atoms. The van der Waals surface area contributed by atoms with Crippen molar-refractivity contribution in [3.8, 4) is 0 Å². The maximum absolute atomic E-state index is 13.0. The summed E-state index contributed by atoms with van der Waals surface area (Å²) in [6.45, 7) is 6.49. The Balaban J connectivity index is 1.41. The van der Waals surface area contributed by atoms with Crippen molar-refractivity contribution < 1.29 is 60.7 Å². The lowest BCUT2D eigenvalue weighted by Gasteiger charge is -2.13. The highest BCUT2D eigenvalue weighted by Gasteiger charge is 2.30. The third kappa shape index (κ3) is 17.7. The zero-order chi connectivity index (χ0) is 32.6. The van der Waals surface area contributed by atoms with Crippen molar-refractivity contribution in [1.29, 1.82) is 0 Å². The van der Waals surface area contributed by atoms with E-state index < -0.39 is 17.7 Å². The molecule has 0 aliphatic carbocycles. The summed E-state index contributed by atoms with van der Waals surface area (Å²) in [6, 6.07) is 11.1. The van der Waals surface area contributed by atoms with Crippen LogP contribution >= 0.6 is 0 Å². The molecule has 0 spiro atoms. The molecule has 2 aromatic rings. The highest BCUT2D eigenvalue weighted by molar-refractivity contribution is 5.96. The van der Waals surface area contributed by atoms with Gasteiger partial charge < -0.3 is 43.2 Å². The monoisotopic (exact) mass is 645 g/mol. The summed E-state index contributed by atoms with van der Waals surface area (Å²) < 4.78 is 81.4.